The van der Waals surface area contributed by atoms with Crippen molar-refractivity contribution in [2.75, 3.05) is 44.7 Å². The van der Waals surface area contributed by atoms with Crippen LogP contribution in [-0.2, 0) is 9.84 Å². The van der Waals surface area contributed by atoms with Gasteiger partial charge in [0.15, 0.2) is 0 Å². The molecule has 94 valence electrons. The zero-order valence-electron chi connectivity index (χ0n) is 8.94. The third-order valence-corrected chi connectivity index (χ3v) is 3.14. The molecule has 0 aliphatic carbocycles. The lowest BCUT2D eigenvalue weighted by atomic mass is 10.4. The predicted octanol–water partition coefficient (Wildman–Crippen LogP) is 0.170. The van der Waals surface area contributed by atoms with Gasteiger partial charge in [0.2, 0.25) is 0 Å². The van der Waals surface area contributed by atoms with Gasteiger partial charge in [-0.05, 0) is 19.5 Å². The highest BCUT2D eigenvalue weighted by Crippen LogP contribution is 1.96. The monoisotopic (exact) mass is 278 g/mol. The van der Waals surface area contributed by atoms with E-state index in [4.69, 9.17) is 0 Å². The molecule has 0 atom stereocenters. The third-order valence-electron chi connectivity index (χ3n) is 2.21. The summed E-state index contributed by atoms with van der Waals surface area (Å²) in [6.45, 7) is 4.69. The Morgan fingerprint density at radius 2 is 1.87 bits per heavy atom. The fraction of sp³-hybridized carbons (Fsp3) is 1.00. The summed E-state index contributed by atoms with van der Waals surface area (Å²) in [5, 5.41) is 3.28. The normalized spacial score (nSPS) is 18.5. The van der Waals surface area contributed by atoms with Crippen molar-refractivity contribution in [2.24, 2.45) is 0 Å². The number of nitrogens with zero attached hydrogens (tertiary/aromatic N) is 1. The van der Waals surface area contributed by atoms with Crippen LogP contribution in [0.25, 0.3) is 0 Å². The van der Waals surface area contributed by atoms with E-state index in [-0.39, 0.29) is 30.6 Å². The van der Waals surface area contributed by atoms with Crippen molar-refractivity contribution in [3.63, 3.8) is 0 Å². The van der Waals surface area contributed by atoms with Crippen molar-refractivity contribution >= 4 is 34.7 Å². The SMILES string of the molecule is CS(=O)(=O)CCN1CCCNCC1.Cl.Cl. The van der Waals surface area contributed by atoms with Gasteiger partial charge in [0.25, 0.3) is 0 Å². The number of nitrogens with one attached hydrogen (secondary N) is 1. The maximum Gasteiger partial charge on any atom is 0.148 e. The number of rotatable bonds is 3. The molecule has 0 aromatic carbocycles. The van der Waals surface area contributed by atoms with Crippen LogP contribution in [0.3, 0.4) is 0 Å². The minimum atomic E-state index is -2.80. The lowest BCUT2D eigenvalue weighted by molar-refractivity contribution is 0.309. The molecule has 0 aromatic heterocycles. The smallest absolute Gasteiger partial charge is 0.148 e. The fourth-order valence-corrected chi connectivity index (χ4v) is 2.01. The second kappa shape index (κ2) is 8.58. The van der Waals surface area contributed by atoms with Crippen LogP contribution in [0.2, 0.25) is 0 Å². The second-order valence-corrected chi connectivity index (χ2v) is 5.83. The molecule has 0 bridgehead atoms. The standard InChI is InChI=1S/C8H18N2O2S.2ClH/c1-13(11,12)8-7-10-5-2-3-9-4-6-10;;/h9H,2-8H2,1H3;2*1H. The van der Waals surface area contributed by atoms with E-state index in [1.807, 2.05) is 0 Å². The lowest BCUT2D eigenvalue weighted by Gasteiger charge is -2.18. The number of halogens is 2. The minimum absolute atomic E-state index is 0. The van der Waals surface area contributed by atoms with Crippen molar-refractivity contribution in [3.05, 3.63) is 0 Å². The number of sulfone groups is 1. The summed E-state index contributed by atoms with van der Waals surface area (Å²) in [6.07, 6.45) is 2.41. The molecule has 1 N–H and O–H groups in total. The van der Waals surface area contributed by atoms with Crippen LogP contribution >= 0.6 is 24.8 Å². The van der Waals surface area contributed by atoms with Crippen LogP contribution in [0.15, 0.2) is 0 Å². The first-order valence-corrected chi connectivity index (χ1v) is 6.75. The number of hydrogen-bond acceptors (Lipinski definition) is 4. The zero-order valence-corrected chi connectivity index (χ0v) is 11.4. The summed E-state index contributed by atoms with van der Waals surface area (Å²) >= 11 is 0. The van der Waals surface area contributed by atoms with Gasteiger partial charge < -0.3 is 10.2 Å². The Kier molecular flexibility index (Phi) is 10.2. The summed E-state index contributed by atoms with van der Waals surface area (Å²) in [7, 11) is -2.80. The Balaban J connectivity index is 0. The minimum Gasteiger partial charge on any atom is -0.315 e. The zero-order chi connectivity index (χ0) is 9.73. The van der Waals surface area contributed by atoms with E-state index in [2.05, 4.69) is 10.2 Å². The first-order valence-electron chi connectivity index (χ1n) is 4.69. The first-order chi connectivity index (χ1) is 6.08. The van der Waals surface area contributed by atoms with Gasteiger partial charge in [-0.2, -0.15) is 0 Å². The van der Waals surface area contributed by atoms with Gasteiger partial charge in [-0.1, -0.05) is 0 Å². The summed E-state index contributed by atoms with van der Waals surface area (Å²) in [5.41, 5.74) is 0. The second-order valence-electron chi connectivity index (χ2n) is 3.58. The lowest BCUT2D eigenvalue weighted by Crippen LogP contribution is -2.32. The van der Waals surface area contributed by atoms with Crippen LogP contribution in [0.1, 0.15) is 6.42 Å². The topological polar surface area (TPSA) is 49.4 Å². The van der Waals surface area contributed by atoms with Gasteiger partial charge in [-0.15, -0.1) is 24.8 Å². The Morgan fingerprint density at radius 1 is 1.20 bits per heavy atom. The summed E-state index contributed by atoms with van der Waals surface area (Å²) < 4.78 is 21.8. The van der Waals surface area contributed by atoms with Gasteiger partial charge in [0.05, 0.1) is 5.75 Å². The molecule has 1 rings (SSSR count). The maximum atomic E-state index is 10.9. The maximum absolute atomic E-state index is 10.9. The molecule has 0 spiro atoms. The van der Waals surface area contributed by atoms with E-state index in [0.717, 1.165) is 32.6 Å². The largest absolute Gasteiger partial charge is 0.315 e. The predicted molar refractivity (Wildman–Crippen MR) is 68.1 cm³/mol. The van der Waals surface area contributed by atoms with E-state index in [1.165, 1.54) is 6.26 Å². The van der Waals surface area contributed by atoms with E-state index in [0.29, 0.717) is 6.54 Å². The molecule has 1 aliphatic heterocycles. The van der Waals surface area contributed by atoms with Gasteiger partial charge >= 0.3 is 0 Å². The van der Waals surface area contributed by atoms with Crippen molar-refractivity contribution in [3.8, 4) is 0 Å². The Bertz CT molecular complexity index is 239. The van der Waals surface area contributed by atoms with Crippen LogP contribution in [0.4, 0.5) is 0 Å². The molecule has 1 fully saturated rings. The van der Waals surface area contributed by atoms with Crippen molar-refractivity contribution in [1.29, 1.82) is 0 Å². The third kappa shape index (κ3) is 9.38. The van der Waals surface area contributed by atoms with Crippen LogP contribution in [-0.4, -0.2) is 58.1 Å². The summed E-state index contributed by atoms with van der Waals surface area (Å²) in [4.78, 5) is 2.21. The van der Waals surface area contributed by atoms with Gasteiger partial charge in [0.1, 0.15) is 9.84 Å². The number of hydrogen-bond donors (Lipinski definition) is 1. The van der Waals surface area contributed by atoms with E-state index in [9.17, 15) is 8.42 Å². The van der Waals surface area contributed by atoms with Crippen LogP contribution in [0, 0.1) is 0 Å². The van der Waals surface area contributed by atoms with Gasteiger partial charge in [-0.3, -0.25) is 0 Å². The van der Waals surface area contributed by atoms with Crippen LogP contribution < -0.4 is 5.32 Å². The van der Waals surface area contributed by atoms with Gasteiger partial charge in [-0.25, -0.2) is 8.42 Å². The highest BCUT2D eigenvalue weighted by Gasteiger charge is 2.10. The molecule has 1 saturated heterocycles. The van der Waals surface area contributed by atoms with Crippen molar-refractivity contribution in [2.45, 2.75) is 6.42 Å². The molecule has 0 radical (unpaired) electrons. The van der Waals surface area contributed by atoms with E-state index in [1.54, 1.807) is 0 Å². The van der Waals surface area contributed by atoms with Crippen LogP contribution in [0.5, 0.6) is 0 Å². The Hall–Kier alpha value is 0.450. The Morgan fingerprint density at radius 3 is 2.47 bits per heavy atom. The van der Waals surface area contributed by atoms with Crippen molar-refractivity contribution in [1.82, 2.24) is 10.2 Å². The highest BCUT2D eigenvalue weighted by atomic mass is 35.5. The summed E-state index contributed by atoms with van der Waals surface area (Å²) in [5.74, 6) is 0.285. The average molecular weight is 279 g/mol. The molecule has 0 saturated carbocycles. The highest BCUT2D eigenvalue weighted by molar-refractivity contribution is 7.90. The average Bonchev–Trinajstić information content (AvgIpc) is 2.26. The molecule has 1 heterocycles. The quantitative estimate of drug-likeness (QED) is 0.800. The molecule has 1 aliphatic rings. The molecule has 4 nitrogen and oxygen atoms in total. The van der Waals surface area contributed by atoms with Gasteiger partial charge in [0, 0.05) is 25.9 Å². The fourth-order valence-electron chi connectivity index (χ4n) is 1.42. The summed E-state index contributed by atoms with van der Waals surface area (Å²) in [6, 6.07) is 0. The molecule has 0 unspecified atom stereocenters. The molecule has 0 amide bonds. The molecular weight excluding hydrogens is 259 g/mol. The van der Waals surface area contributed by atoms with E-state index < -0.39 is 9.84 Å². The van der Waals surface area contributed by atoms with E-state index >= 15 is 0 Å². The molecule has 15 heavy (non-hydrogen) atoms. The molecular formula is C8H20Cl2N2O2S. The Labute approximate surface area is 105 Å². The van der Waals surface area contributed by atoms with Crippen molar-refractivity contribution < 1.29 is 8.42 Å². The molecule has 0 aromatic rings. The first kappa shape index (κ1) is 17.8. The molecule has 7 heteroatoms.